The molecule has 0 aliphatic heterocycles. The summed E-state index contributed by atoms with van der Waals surface area (Å²) in [6, 6.07) is 6.23. The van der Waals surface area contributed by atoms with E-state index < -0.39 is 0 Å². The van der Waals surface area contributed by atoms with E-state index in [2.05, 4.69) is 10.9 Å². The maximum atomic E-state index is 11.7. The van der Waals surface area contributed by atoms with Gasteiger partial charge in [0, 0.05) is 12.1 Å². The van der Waals surface area contributed by atoms with Gasteiger partial charge in [-0.05, 0) is 43.0 Å². The number of carbonyl (C=O) groups is 1. The lowest BCUT2D eigenvalue weighted by atomic mass is 9.89. The number of benzene rings is 1. The molecule has 0 unspecified atom stereocenters. The van der Waals surface area contributed by atoms with Crippen LogP contribution in [0.4, 0.5) is 0 Å². The first-order valence-corrected chi connectivity index (χ1v) is 6.58. The second-order valence-corrected chi connectivity index (χ2v) is 4.89. The van der Waals surface area contributed by atoms with Crippen LogP contribution in [-0.2, 0) is 0 Å². The van der Waals surface area contributed by atoms with Gasteiger partial charge in [-0.3, -0.25) is 10.2 Å². The van der Waals surface area contributed by atoms with E-state index in [4.69, 9.17) is 5.11 Å². The summed E-state index contributed by atoms with van der Waals surface area (Å²) in [5, 5.41) is 9.14. The number of rotatable bonds is 4. The number of nitrogens with one attached hydrogen (secondary N) is 2. The topological polar surface area (TPSA) is 61.4 Å². The van der Waals surface area contributed by atoms with Crippen molar-refractivity contribution < 1.29 is 9.90 Å². The summed E-state index contributed by atoms with van der Waals surface area (Å²) in [5.74, 6) is 0.686. The molecule has 1 aliphatic rings. The number of aromatic hydroxyl groups is 1. The van der Waals surface area contributed by atoms with E-state index in [0.717, 1.165) is 6.54 Å². The van der Waals surface area contributed by atoms with Crippen LogP contribution in [0.15, 0.2) is 24.3 Å². The smallest absolute Gasteiger partial charge is 0.265 e. The van der Waals surface area contributed by atoms with Gasteiger partial charge in [0.15, 0.2) is 0 Å². The quantitative estimate of drug-likeness (QED) is 0.716. The van der Waals surface area contributed by atoms with Crippen LogP contribution in [0.5, 0.6) is 5.75 Å². The Hall–Kier alpha value is -1.55. The van der Waals surface area contributed by atoms with Gasteiger partial charge in [-0.25, -0.2) is 5.43 Å². The Morgan fingerprint density at radius 2 is 1.83 bits per heavy atom. The second-order valence-electron chi connectivity index (χ2n) is 4.89. The van der Waals surface area contributed by atoms with Crippen LogP contribution in [-0.4, -0.2) is 17.6 Å². The lowest BCUT2D eigenvalue weighted by Crippen LogP contribution is -2.40. The molecule has 1 aromatic rings. The fourth-order valence-corrected chi connectivity index (χ4v) is 2.35. The van der Waals surface area contributed by atoms with Crippen molar-refractivity contribution in [3.8, 4) is 5.75 Å². The minimum atomic E-state index is -0.161. The number of hydrazine groups is 1. The molecule has 2 rings (SSSR count). The fourth-order valence-electron chi connectivity index (χ4n) is 2.35. The molecular weight excluding hydrogens is 228 g/mol. The molecule has 0 spiro atoms. The van der Waals surface area contributed by atoms with Gasteiger partial charge in [-0.2, -0.15) is 0 Å². The van der Waals surface area contributed by atoms with Gasteiger partial charge in [-0.15, -0.1) is 0 Å². The van der Waals surface area contributed by atoms with E-state index in [-0.39, 0.29) is 11.7 Å². The van der Waals surface area contributed by atoms with Crippen LogP contribution in [0.2, 0.25) is 0 Å². The summed E-state index contributed by atoms with van der Waals surface area (Å²) in [7, 11) is 0. The molecule has 0 atom stereocenters. The predicted molar refractivity (Wildman–Crippen MR) is 70.2 cm³/mol. The zero-order valence-electron chi connectivity index (χ0n) is 10.5. The average molecular weight is 248 g/mol. The maximum Gasteiger partial charge on any atom is 0.265 e. The van der Waals surface area contributed by atoms with E-state index in [1.165, 1.54) is 44.2 Å². The molecule has 98 valence electrons. The van der Waals surface area contributed by atoms with E-state index in [1.807, 2.05) is 0 Å². The maximum absolute atomic E-state index is 11.7. The normalized spacial score (nSPS) is 16.4. The first-order chi connectivity index (χ1) is 8.75. The monoisotopic (exact) mass is 248 g/mol. The number of hydrogen-bond acceptors (Lipinski definition) is 3. The molecule has 3 N–H and O–H groups in total. The zero-order valence-corrected chi connectivity index (χ0v) is 10.5. The van der Waals surface area contributed by atoms with Crippen LogP contribution < -0.4 is 10.9 Å². The Labute approximate surface area is 107 Å². The standard InChI is InChI=1S/C14H20N2O2/c17-13-8-6-12(7-9-13)14(18)16-15-10-11-4-2-1-3-5-11/h6-9,11,15,17H,1-5,10H2,(H,16,18). The van der Waals surface area contributed by atoms with E-state index in [9.17, 15) is 4.79 Å². The summed E-state index contributed by atoms with van der Waals surface area (Å²) in [5.41, 5.74) is 6.25. The summed E-state index contributed by atoms with van der Waals surface area (Å²) in [6.07, 6.45) is 6.46. The number of phenols is 1. The first kappa shape index (κ1) is 12.9. The van der Waals surface area contributed by atoms with Crippen LogP contribution >= 0.6 is 0 Å². The Balaban J connectivity index is 1.72. The summed E-state index contributed by atoms with van der Waals surface area (Å²) in [4.78, 5) is 11.7. The molecule has 1 fully saturated rings. The van der Waals surface area contributed by atoms with E-state index in [0.29, 0.717) is 11.5 Å². The van der Waals surface area contributed by atoms with Crippen LogP contribution in [0.25, 0.3) is 0 Å². The number of hydrogen-bond donors (Lipinski definition) is 3. The Kier molecular flexibility index (Phi) is 4.59. The highest BCUT2D eigenvalue weighted by Gasteiger charge is 2.13. The van der Waals surface area contributed by atoms with Gasteiger partial charge in [0.2, 0.25) is 0 Å². The molecule has 4 nitrogen and oxygen atoms in total. The summed E-state index contributed by atoms with van der Waals surface area (Å²) < 4.78 is 0. The minimum Gasteiger partial charge on any atom is -0.508 e. The van der Waals surface area contributed by atoms with Crippen molar-refractivity contribution in [2.75, 3.05) is 6.54 Å². The highest BCUT2D eigenvalue weighted by Crippen LogP contribution is 2.22. The predicted octanol–water partition coefficient (Wildman–Crippen LogP) is 2.21. The van der Waals surface area contributed by atoms with Crippen LogP contribution in [0.1, 0.15) is 42.5 Å². The van der Waals surface area contributed by atoms with Gasteiger partial charge >= 0.3 is 0 Å². The third-order valence-electron chi connectivity index (χ3n) is 3.45. The average Bonchev–Trinajstić information content (AvgIpc) is 2.40. The highest BCUT2D eigenvalue weighted by atomic mass is 16.3. The lowest BCUT2D eigenvalue weighted by Gasteiger charge is -2.21. The Bertz CT molecular complexity index is 383. The third kappa shape index (κ3) is 3.74. The second kappa shape index (κ2) is 6.40. The first-order valence-electron chi connectivity index (χ1n) is 6.58. The molecule has 0 radical (unpaired) electrons. The molecule has 1 aromatic carbocycles. The lowest BCUT2D eigenvalue weighted by molar-refractivity contribution is 0.0928. The van der Waals surface area contributed by atoms with Crippen LogP contribution in [0.3, 0.4) is 0 Å². The SMILES string of the molecule is O=C(NNCC1CCCCC1)c1ccc(O)cc1. The van der Waals surface area contributed by atoms with Gasteiger partial charge in [-0.1, -0.05) is 19.3 Å². The molecule has 1 saturated carbocycles. The van der Waals surface area contributed by atoms with Crippen molar-refractivity contribution in [3.05, 3.63) is 29.8 Å². The van der Waals surface area contributed by atoms with Gasteiger partial charge in [0.25, 0.3) is 5.91 Å². The van der Waals surface area contributed by atoms with Gasteiger partial charge < -0.3 is 5.11 Å². The summed E-state index contributed by atoms with van der Waals surface area (Å²) >= 11 is 0. The van der Waals surface area contributed by atoms with Crippen molar-refractivity contribution >= 4 is 5.91 Å². The third-order valence-corrected chi connectivity index (χ3v) is 3.45. The van der Waals surface area contributed by atoms with Crippen molar-refractivity contribution in [1.82, 2.24) is 10.9 Å². The van der Waals surface area contributed by atoms with Crippen molar-refractivity contribution in [1.29, 1.82) is 0 Å². The number of amides is 1. The number of carbonyl (C=O) groups excluding carboxylic acids is 1. The fraction of sp³-hybridized carbons (Fsp3) is 0.500. The van der Waals surface area contributed by atoms with Crippen LogP contribution in [0, 0.1) is 5.92 Å². The number of phenolic OH excluding ortho intramolecular Hbond substituents is 1. The molecule has 0 saturated heterocycles. The van der Waals surface area contributed by atoms with E-state index >= 15 is 0 Å². The Morgan fingerprint density at radius 1 is 1.17 bits per heavy atom. The minimum absolute atomic E-state index is 0.161. The molecule has 4 heteroatoms. The molecule has 1 amide bonds. The Morgan fingerprint density at radius 3 is 2.50 bits per heavy atom. The molecular formula is C14H20N2O2. The largest absolute Gasteiger partial charge is 0.508 e. The van der Waals surface area contributed by atoms with E-state index in [1.54, 1.807) is 12.1 Å². The van der Waals surface area contributed by atoms with Gasteiger partial charge in [0.1, 0.15) is 5.75 Å². The highest BCUT2D eigenvalue weighted by molar-refractivity contribution is 5.93. The van der Waals surface area contributed by atoms with Gasteiger partial charge in [0.05, 0.1) is 0 Å². The summed E-state index contributed by atoms with van der Waals surface area (Å²) in [6.45, 7) is 0.837. The van der Waals surface area contributed by atoms with Crippen molar-refractivity contribution in [2.45, 2.75) is 32.1 Å². The zero-order chi connectivity index (χ0) is 12.8. The molecule has 0 aromatic heterocycles. The van der Waals surface area contributed by atoms with Crippen molar-refractivity contribution in [3.63, 3.8) is 0 Å². The molecule has 0 heterocycles. The molecule has 1 aliphatic carbocycles. The molecule has 0 bridgehead atoms. The van der Waals surface area contributed by atoms with Crippen molar-refractivity contribution in [2.24, 2.45) is 5.92 Å². The molecule has 18 heavy (non-hydrogen) atoms.